The van der Waals surface area contributed by atoms with Gasteiger partial charge in [0.2, 0.25) is 0 Å². The number of hydrogen-bond donors (Lipinski definition) is 3. The first kappa shape index (κ1) is 16.9. The molecule has 0 unspecified atom stereocenters. The molecule has 3 N–H and O–H groups in total. The fraction of sp³-hybridized carbons (Fsp3) is 0.667. The molecule has 0 aliphatic carbocycles. The predicted molar refractivity (Wildman–Crippen MR) is 74.1 cm³/mol. The highest BCUT2D eigenvalue weighted by Crippen LogP contribution is 1.91. The molecule has 0 bridgehead atoms. The number of rotatable bonds is 10. The summed E-state index contributed by atoms with van der Waals surface area (Å²) < 4.78 is 6.66. The van der Waals surface area contributed by atoms with Gasteiger partial charge in [0.15, 0.2) is 5.69 Å². The lowest BCUT2D eigenvalue weighted by Gasteiger charge is -2.07. The summed E-state index contributed by atoms with van der Waals surface area (Å²) in [7, 11) is 0. The average Bonchev–Trinajstić information content (AvgIpc) is 2.92. The summed E-state index contributed by atoms with van der Waals surface area (Å²) in [5, 5.41) is 21.1. The molecular formula is C12H21N5O4. The molecule has 0 aromatic carbocycles. The molecule has 21 heavy (non-hydrogen) atoms. The zero-order chi connectivity index (χ0) is 15.5. The van der Waals surface area contributed by atoms with E-state index in [4.69, 9.17) is 9.84 Å². The number of aromatic carboxylic acids is 1. The van der Waals surface area contributed by atoms with Gasteiger partial charge >= 0.3 is 12.0 Å². The Bertz CT molecular complexity index is 449. The Hall–Kier alpha value is -2.16. The van der Waals surface area contributed by atoms with Crippen LogP contribution >= 0.6 is 0 Å². The van der Waals surface area contributed by atoms with E-state index in [0.29, 0.717) is 32.8 Å². The van der Waals surface area contributed by atoms with Crippen molar-refractivity contribution >= 4 is 12.0 Å². The molecular weight excluding hydrogens is 278 g/mol. The number of hydrogen-bond acceptors (Lipinski definition) is 5. The summed E-state index contributed by atoms with van der Waals surface area (Å²) >= 11 is 0. The zero-order valence-electron chi connectivity index (χ0n) is 12.0. The number of nitrogens with zero attached hydrogens (tertiary/aromatic N) is 3. The molecule has 0 spiro atoms. The highest BCUT2D eigenvalue weighted by Gasteiger charge is 2.07. The van der Waals surface area contributed by atoms with Crippen LogP contribution in [0.2, 0.25) is 0 Å². The number of aromatic nitrogens is 3. The number of unbranched alkanes of at least 4 members (excludes halogenated alkanes) is 1. The van der Waals surface area contributed by atoms with Crippen molar-refractivity contribution in [1.82, 2.24) is 25.6 Å². The van der Waals surface area contributed by atoms with E-state index < -0.39 is 5.97 Å². The van der Waals surface area contributed by atoms with Crippen LogP contribution in [0.5, 0.6) is 0 Å². The molecule has 0 fully saturated rings. The Morgan fingerprint density at radius 3 is 2.76 bits per heavy atom. The standard InChI is InChI=1S/C12H21N5O4/c1-2-3-7-21-8-5-14-12(20)13-4-6-17-9-10(11(18)19)15-16-17/h9H,2-8H2,1H3,(H,18,19)(H2,13,14,20). The molecule has 0 aliphatic heterocycles. The van der Waals surface area contributed by atoms with Gasteiger partial charge in [-0.2, -0.15) is 0 Å². The lowest BCUT2D eigenvalue weighted by Crippen LogP contribution is -2.38. The highest BCUT2D eigenvalue weighted by atomic mass is 16.5. The minimum Gasteiger partial charge on any atom is -0.476 e. The van der Waals surface area contributed by atoms with Crippen molar-refractivity contribution in [3.63, 3.8) is 0 Å². The summed E-state index contributed by atoms with van der Waals surface area (Å²) in [4.78, 5) is 22.0. The Morgan fingerprint density at radius 1 is 1.33 bits per heavy atom. The Kier molecular flexibility index (Phi) is 7.80. The number of urea groups is 1. The van der Waals surface area contributed by atoms with E-state index in [0.717, 1.165) is 12.8 Å². The predicted octanol–water partition coefficient (Wildman–Crippen LogP) is 0.0922. The van der Waals surface area contributed by atoms with Gasteiger partial charge < -0.3 is 20.5 Å². The first-order valence-corrected chi connectivity index (χ1v) is 6.86. The summed E-state index contributed by atoms with van der Waals surface area (Å²) in [6.07, 6.45) is 3.41. The molecule has 9 nitrogen and oxygen atoms in total. The zero-order valence-corrected chi connectivity index (χ0v) is 12.0. The summed E-state index contributed by atoms with van der Waals surface area (Å²) in [5.74, 6) is -1.13. The lowest BCUT2D eigenvalue weighted by molar-refractivity contribution is 0.0690. The van der Waals surface area contributed by atoms with Crippen molar-refractivity contribution in [2.75, 3.05) is 26.3 Å². The largest absolute Gasteiger partial charge is 0.476 e. The maximum absolute atomic E-state index is 11.4. The molecule has 1 rings (SSSR count). The minimum atomic E-state index is -1.13. The van der Waals surface area contributed by atoms with Gasteiger partial charge in [0, 0.05) is 19.7 Å². The van der Waals surface area contributed by atoms with E-state index >= 15 is 0 Å². The van der Waals surface area contributed by atoms with Gasteiger partial charge in [0.1, 0.15) is 0 Å². The first-order valence-electron chi connectivity index (χ1n) is 6.86. The van der Waals surface area contributed by atoms with Crippen LogP contribution in [0.4, 0.5) is 4.79 Å². The molecule has 2 amide bonds. The minimum absolute atomic E-state index is 0.122. The summed E-state index contributed by atoms with van der Waals surface area (Å²) in [6.45, 7) is 4.40. The SMILES string of the molecule is CCCCOCCNC(=O)NCCn1cc(C(=O)O)nn1. The van der Waals surface area contributed by atoms with Gasteiger partial charge in [-0.1, -0.05) is 18.6 Å². The van der Waals surface area contributed by atoms with Crippen LogP contribution in [-0.4, -0.2) is 58.4 Å². The van der Waals surface area contributed by atoms with Crippen molar-refractivity contribution in [3.05, 3.63) is 11.9 Å². The molecule has 0 radical (unpaired) electrons. The second-order valence-electron chi connectivity index (χ2n) is 4.32. The molecule has 1 aromatic rings. The fourth-order valence-electron chi connectivity index (χ4n) is 1.44. The van der Waals surface area contributed by atoms with Crippen molar-refractivity contribution in [3.8, 4) is 0 Å². The van der Waals surface area contributed by atoms with Gasteiger partial charge in [-0.15, -0.1) is 5.10 Å². The molecule has 9 heteroatoms. The van der Waals surface area contributed by atoms with Crippen molar-refractivity contribution in [2.24, 2.45) is 0 Å². The van der Waals surface area contributed by atoms with E-state index in [1.807, 2.05) is 0 Å². The van der Waals surface area contributed by atoms with Crippen LogP contribution < -0.4 is 10.6 Å². The van der Waals surface area contributed by atoms with Crippen LogP contribution in [0.1, 0.15) is 30.3 Å². The van der Waals surface area contributed by atoms with E-state index in [1.54, 1.807) is 0 Å². The third kappa shape index (κ3) is 7.25. The van der Waals surface area contributed by atoms with Crippen LogP contribution in [0, 0.1) is 0 Å². The van der Waals surface area contributed by atoms with Crippen molar-refractivity contribution in [1.29, 1.82) is 0 Å². The van der Waals surface area contributed by atoms with E-state index in [9.17, 15) is 9.59 Å². The third-order valence-corrected chi connectivity index (χ3v) is 2.56. The molecule has 118 valence electrons. The number of carbonyl (C=O) groups excluding carboxylic acids is 1. The van der Waals surface area contributed by atoms with E-state index in [2.05, 4.69) is 27.9 Å². The summed E-state index contributed by atoms with van der Waals surface area (Å²) in [5.41, 5.74) is -0.122. The van der Waals surface area contributed by atoms with Crippen LogP contribution in [0.25, 0.3) is 0 Å². The van der Waals surface area contributed by atoms with Crippen LogP contribution in [0.15, 0.2) is 6.20 Å². The van der Waals surface area contributed by atoms with Gasteiger partial charge in [0.25, 0.3) is 0 Å². The van der Waals surface area contributed by atoms with Crippen molar-refractivity contribution in [2.45, 2.75) is 26.3 Å². The molecule has 1 aromatic heterocycles. The number of nitrogens with one attached hydrogen (secondary N) is 2. The number of carboxylic acid groups (broad SMARTS) is 1. The van der Waals surface area contributed by atoms with E-state index in [1.165, 1.54) is 10.9 Å². The van der Waals surface area contributed by atoms with Gasteiger partial charge in [-0.05, 0) is 6.42 Å². The van der Waals surface area contributed by atoms with Gasteiger partial charge in [0.05, 0.1) is 19.3 Å². The van der Waals surface area contributed by atoms with Gasteiger partial charge in [-0.3, -0.25) is 0 Å². The molecule has 0 aliphatic rings. The second kappa shape index (κ2) is 9.70. The quantitative estimate of drug-likeness (QED) is 0.527. The van der Waals surface area contributed by atoms with E-state index in [-0.39, 0.29) is 11.7 Å². The third-order valence-electron chi connectivity index (χ3n) is 2.56. The lowest BCUT2D eigenvalue weighted by atomic mass is 10.4. The number of amides is 2. The Morgan fingerprint density at radius 2 is 2.10 bits per heavy atom. The second-order valence-corrected chi connectivity index (χ2v) is 4.32. The monoisotopic (exact) mass is 299 g/mol. The molecule has 0 atom stereocenters. The number of ether oxygens (including phenoxy) is 1. The topological polar surface area (TPSA) is 118 Å². The highest BCUT2D eigenvalue weighted by molar-refractivity contribution is 5.84. The smallest absolute Gasteiger partial charge is 0.358 e. The maximum atomic E-state index is 11.4. The fourth-order valence-corrected chi connectivity index (χ4v) is 1.44. The Labute approximate surface area is 122 Å². The summed E-state index contributed by atoms with van der Waals surface area (Å²) in [6, 6.07) is -0.298. The molecule has 1 heterocycles. The maximum Gasteiger partial charge on any atom is 0.358 e. The molecule has 0 saturated carbocycles. The Balaban J connectivity index is 2.06. The van der Waals surface area contributed by atoms with Crippen LogP contribution in [0.3, 0.4) is 0 Å². The van der Waals surface area contributed by atoms with Gasteiger partial charge in [-0.25, -0.2) is 14.3 Å². The number of carboxylic acids is 1. The normalized spacial score (nSPS) is 10.3. The first-order chi connectivity index (χ1) is 10.1. The number of carbonyl (C=O) groups is 2. The van der Waals surface area contributed by atoms with Crippen molar-refractivity contribution < 1.29 is 19.4 Å². The molecule has 0 saturated heterocycles. The average molecular weight is 299 g/mol. The van der Waals surface area contributed by atoms with Crippen LogP contribution in [-0.2, 0) is 11.3 Å².